The van der Waals surface area contributed by atoms with Crippen LogP contribution in [0.2, 0.25) is 0 Å². The molecule has 0 saturated carbocycles. The van der Waals surface area contributed by atoms with Crippen LogP contribution in [0.3, 0.4) is 0 Å². The maximum Gasteiger partial charge on any atom is 0.335 e. The van der Waals surface area contributed by atoms with Crippen LogP contribution in [-0.4, -0.2) is 54.9 Å². The summed E-state index contributed by atoms with van der Waals surface area (Å²) >= 11 is 0. The number of carbonyl (C=O) groups is 1. The number of hydrogen-bond donors (Lipinski definition) is 2. The molecule has 44 heavy (non-hydrogen) atoms. The summed E-state index contributed by atoms with van der Waals surface area (Å²) in [7, 11) is 1.75. The number of nitrogens with zero attached hydrogens (tertiary/aromatic N) is 5. The van der Waals surface area contributed by atoms with Gasteiger partial charge in [0, 0.05) is 38.0 Å². The first-order valence-corrected chi connectivity index (χ1v) is 13.8. The first kappa shape index (κ1) is 30.3. The Morgan fingerprint density at radius 3 is 2.45 bits per heavy atom. The summed E-state index contributed by atoms with van der Waals surface area (Å²) in [6.07, 6.45) is 2.36. The average Bonchev–Trinajstić information content (AvgIpc) is 3.43. The Balaban J connectivity index is 1.45. The zero-order chi connectivity index (χ0) is 31.7. The molecule has 2 aromatic carbocycles. The maximum absolute atomic E-state index is 15.3. The molecule has 0 fully saturated rings. The van der Waals surface area contributed by atoms with Crippen molar-refractivity contribution >= 4 is 22.6 Å². The lowest BCUT2D eigenvalue weighted by molar-refractivity contribution is 0.0990. The van der Waals surface area contributed by atoms with Gasteiger partial charge in [-0.15, -0.1) is 0 Å². The fraction of sp³-hybridized carbons (Fsp3) is 0.258. The van der Waals surface area contributed by atoms with E-state index in [-0.39, 0.29) is 47.4 Å². The number of fused-ring (bicyclic) bond motifs is 1. The third-order valence-electron chi connectivity index (χ3n) is 7.30. The van der Waals surface area contributed by atoms with E-state index in [9.17, 15) is 23.9 Å². The summed E-state index contributed by atoms with van der Waals surface area (Å²) < 4.78 is 36.8. The molecule has 3 aromatic heterocycles. The minimum atomic E-state index is -0.859. The van der Waals surface area contributed by atoms with Gasteiger partial charge in [0.15, 0.2) is 28.8 Å². The lowest BCUT2D eigenvalue weighted by atomic mass is 10.0. The van der Waals surface area contributed by atoms with Crippen molar-refractivity contribution < 1.29 is 23.4 Å². The van der Waals surface area contributed by atoms with E-state index in [1.54, 1.807) is 31.9 Å². The fourth-order valence-electron chi connectivity index (χ4n) is 4.67. The van der Waals surface area contributed by atoms with Crippen molar-refractivity contribution in [2.75, 3.05) is 18.6 Å². The average molecular weight is 605 g/mol. The van der Waals surface area contributed by atoms with Crippen molar-refractivity contribution in [2.45, 2.75) is 39.3 Å². The van der Waals surface area contributed by atoms with Gasteiger partial charge in [-0.1, -0.05) is 6.07 Å². The standard InChI is InChI=1S/C31H30F2N6O5/c1-17(2)38-15-22(30(42)39(31(38)43)21-8-6-20(32)7-9-21)24(41)14-19-5-10-25(23(33)13-19)44-26-11-12-34-28-27(26)29(36-35-28)37(4)18(3)16-40/h5-13,15,17-18,40H,14,16H2,1-4H3,(H,34,35,36)/t18-/m1/s1. The number of aliphatic hydroxyl groups excluding tert-OH is 1. The van der Waals surface area contributed by atoms with Gasteiger partial charge in [0.1, 0.15) is 22.5 Å². The second-order valence-electron chi connectivity index (χ2n) is 10.6. The summed E-state index contributed by atoms with van der Waals surface area (Å²) in [5, 5.41) is 17.1. The number of rotatable bonds is 10. The van der Waals surface area contributed by atoms with E-state index in [1.165, 1.54) is 41.2 Å². The number of nitrogens with one attached hydrogen (secondary N) is 1. The number of carbonyl (C=O) groups excluding carboxylic acids is 1. The molecule has 228 valence electrons. The van der Waals surface area contributed by atoms with Crippen molar-refractivity contribution in [1.29, 1.82) is 0 Å². The molecule has 0 saturated heterocycles. The Labute approximate surface area is 250 Å². The summed E-state index contributed by atoms with van der Waals surface area (Å²) in [4.78, 5) is 45.8. The van der Waals surface area contributed by atoms with Crippen LogP contribution in [0.15, 0.2) is 70.5 Å². The Kier molecular flexibility index (Phi) is 8.41. The smallest absolute Gasteiger partial charge is 0.335 e. The van der Waals surface area contributed by atoms with Gasteiger partial charge in [-0.2, -0.15) is 5.10 Å². The van der Waals surface area contributed by atoms with Crippen LogP contribution in [0.4, 0.5) is 14.6 Å². The Morgan fingerprint density at radius 2 is 1.80 bits per heavy atom. The van der Waals surface area contributed by atoms with Crippen molar-refractivity contribution in [1.82, 2.24) is 24.3 Å². The highest BCUT2D eigenvalue weighted by molar-refractivity contribution is 5.97. The Bertz CT molecular complexity index is 1970. The van der Waals surface area contributed by atoms with E-state index in [1.807, 2.05) is 6.92 Å². The number of halogens is 2. The van der Waals surface area contributed by atoms with E-state index < -0.39 is 34.7 Å². The number of Topliss-reactive ketones (excluding diaryl/α,β-unsaturated/α-hetero) is 1. The predicted octanol–water partition coefficient (Wildman–Crippen LogP) is 4.16. The third kappa shape index (κ3) is 5.73. The minimum Gasteiger partial charge on any atom is -0.453 e. The molecule has 0 unspecified atom stereocenters. The van der Waals surface area contributed by atoms with Crippen LogP contribution in [0.25, 0.3) is 16.7 Å². The number of hydrogen-bond acceptors (Lipinski definition) is 8. The first-order chi connectivity index (χ1) is 21.0. The molecule has 0 aliphatic rings. The number of ether oxygens (including phenoxy) is 1. The number of anilines is 1. The van der Waals surface area contributed by atoms with Crippen LogP contribution in [-0.2, 0) is 6.42 Å². The zero-order valence-corrected chi connectivity index (χ0v) is 24.4. The molecule has 11 nitrogen and oxygen atoms in total. The van der Waals surface area contributed by atoms with Gasteiger partial charge in [0.05, 0.1) is 18.3 Å². The Hall–Kier alpha value is -5.17. The summed E-state index contributed by atoms with van der Waals surface area (Å²) in [6, 6.07) is 9.70. The molecular formula is C31H30F2N6O5. The molecular weight excluding hydrogens is 574 g/mol. The molecule has 1 atom stereocenters. The number of aromatic nitrogens is 5. The number of aliphatic hydroxyl groups is 1. The van der Waals surface area contributed by atoms with Gasteiger partial charge >= 0.3 is 5.69 Å². The molecule has 0 aliphatic carbocycles. The summed E-state index contributed by atoms with van der Waals surface area (Å²) in [5.74, 6) is -1.32. The molecule has 0 spiro atoms. The molecule has 0 bridgehead atoms. The van der Waals surface area contributed by atoms with Crippen LogP contribution >= 0.6 is 0 Å². The minimum absolute atomic E-state index is 0.112. The SMILES string of the molecule is CC(C)n1cc(C(=O)Cc2ccc(Oc3ccnc4[nH]nc(N(C)[C@H](C)CO)c34)c(F)c2)c(=O)n(-c2ccc(F)cc2)c1=O. The van der Waals surface area contributed by atoms with E-state index >= 15 is 4.39 Å². The van der Waals surface area contributed by atoms with E-state index in [2.05, 4.69) is 15.2 Å². The second kappa shape index (κ2) is 12.2. The van der Waals surface area contributed by atoms with Crippen LogP contribution < -0.4 is 20.9 Å². The van der Waals surface area contributed by atoms with Crippen molar-refractivity contribution in [3.05, 3.63) is 105 Å². The first-order valence-electron chi connectivity index (χ1n) is 13.8. The quantitative estimate of drug-likeness (QED) is 0.227. The highest BCUT2D eigenvalue weighted by Gasteiger charge is 2.22. The van der Waals surface area contributed by atoms with Crippen molar-refractivity contribution in [2.24, 2.45) is 0 Å². The normalized spacial score (nSPS) is 12.1. The predicted molar refractivity (Wildman–Crippen MR) is 160 cm³/mol. The van der Waals surface area contributed by atoms with Gasteiger partial charge in [-0.05, 0) is 62.7 Å². The zero-order valence-electron chi connectivity index (χ0n) is 24.4. The number of aromatic amines is 1. The number of benzene rings is 2. The van der Waals surface area contributed by atoms with Crippen molar-refractivity contribution in [3.63, 3.8) is 0 Å². The third-order valence-corrected chi connectivity index (χ3v) is 7.30. The summed E-state index contributed by atoms with van der Waals surface area (Å²) in [5.41, 5.74) is -1.01. The van der Waals surface area contributed by atoms with E-state index in [0.29, 0.717) is 16.9 Å². The monoisotopic (exact) mass is 604 g/mol. The van der Waals surface area contributed by atoms with Gasteiger partial charge < -0.3 is 14.7 Å². The number of likely N-dealkylation sites (N-methyl/N-ethyl adjacent to an activating group) is 1. The number of pyridine rings is 1. The van der Waals surface area contributed by atoms with Gasteiger partial charge in [-0.25, -0.2) is 23.1 Å². The van der Waals surface area contributed by atoms with E-state index in [0.717, 1.165) is 22.8 Å². The largest absolute Gasteiger partial charge is 0.453 e. The lowest BCUT2D eigenvalue weighted by Crippen LogP contribution is -2.42. The van der Waals surface area contributed by atoms with Crippen molar-refractivity contribution in [3.8, 4) is 17.2 Å². The molecule has 3 heterocycles. The van der Waals surface area contributed by atoms with Crippen LogP contribution in [0, 0.1) is 11.6 Å². The molecule has 0 aliphatic heterocycles. The summed E-state index contributed by atoms with van der Waals surface area (Å²) in [6.45, 7) is 5.14. The van der Waals surface area contributed by atoms with Gasteiger partial charge in [0.2, 0.25) is 0 Å². The fourth-order valence-corrected chi connectivity index (χ4v) is 4.67. The highest BCUT2D eigenvalue weighted by atomic mass is 19.1. The molecule has 5 aromatic rings. The number of H-pyrrole nitrogens is 1. The van der Waals surface area contributed by atoms with Crippen LogP contribution in [0.1, 0.15) is 42.7 Å². The van der Waals surface area contributed by atoms with E-state index in [4.69, 9.17) is 4.74 Å². The second-order valence-corrected chi connectivity index (χ2v) is 10.6. The lowest BCUT2D eigenvalue weighted by Gasteiger charge is -2.23. The molecule has 5 rings (SSSR count). The van der Waals surface area contributed by atoms with Gasteiger partial charge in [0.25, 0.3) is 5.56 Å². The molecule has 2 N–H and O–H groups in total. The Morgan fingerprint density at radius 1 is 1.07 bits per heavy atom. The highest BCUT2D eigenvalue weighted by Crippen LogP contribution is 2.35. The molecule has 0 radical (unpaired) electrons. The number of ketones is 1. The topological polar surface area (TPSA) is 135 Å². The van der Waals surface area contributed by atoms with Gasteiger partial charge in [-0.3, -0.25) is 19.3 Å². The molecule has 0 amide bonds. The van der Waals surface area contributed by atoms with Crippen LogP contribution in [0.5, 0.6) is 11.5 Å². The maximum atomic E-state index is 15.3. The molecule has 13 heteroatoms.